The molecule has 1 aromatic carbocycles. The molecule has 0 saturated carbocycles. The van der Waals surface area contributed by atoms with Crippen LogP contribution < -0.4 is 4.74 Å². The second-order valence-electron chi connectivity index (χ2n) is 5.49. The lowest BCUT2D eigenvalue weighted by molar-refractivity contribution is -0.138. The molecule has 132 valence electrons. The van der Waals surface area contributed by atoms with E-state index < -0.39 is 11.8 Å². The molecule has 0 atom stereocenters. The Bertz CT molecular complexity index is 656. The minimum atomic E-state index is -0.676. The number of hydrogen-bond donors (Lipinski definition) is 0. The molecular formula is C17H21ClINO4. The Morgan fingerprint density at radius 1 is 1.33 bits per heavy atom. The summed E-state index contributed by atoms with van der Waals surface area (Å²) in [5.74, 6) is -0.563. The van der Waals surface area contributed by atoms with Crippen LogP contribution in [0.2, 0.25) is 5.02 Å². The van der Waals surface area contributed by atoms with Crippen molar-refractivity contribution in [2.24, 2.45) is 0 Å². The second kappa shape index (κ2) is 9.27. The summed E-state index contributed by atoms with van der Waals surface area (Å²) < 4.78 is 11.4. The maximum atomic E-state index is 12.8. The van der Waals surface area contributed by atoms with Gasteiger partial charge in [0.15, 0.2) is 0 Å². The third kappa shape index (κ3) is 5.66. The minimum absolute atomic E-state index is 0.0140. The fourth-order valence-electron chi connectivity index (χ4n) is 1.86. The van der Waals surface area contributed by atoms with Gasteiger partial charge in [0, 0.05) is 31.9 Å². The van der Waals surface area contributed by atoms with Crippen molar-refractivity contribution in [3.63, 3.8) is 0 Å². The van der Waals surface area contributed by atoms with Gasteiger partial charge in [-0.3, -0.25) is 4.79 Å². The van der Waals surface area contributed by atoms with Crippen LogP contribution in [0.15, 0.2) is 23.9 Å². The van der Waals surface area contributed by atoms with Gasteiger partial charge in [0.1, 0.15) is 11.3 Å². The molecular weight excluding hydrogens is 445 g/mol. The van der Waals surface area contributed by atoms with Crippen LogP contribution in [0.25, 0.3) is 0 Å². The number of hydrogen-bond acceptors (Lipinski definition) is 5. The van der Waals surface area contributed by atoms with Crippen molar-refractivity contribution < 1.29 is 19.1 Å². The van der Waals surface area contributed by atoms with Crippen molar-refractivity contribution in [2.75, 3.05) is 20.7 Å². The summed E-state index contributed by atoms with van der Waals surface area (Å²) in [7, 11) is 3.44. The number of carbonyl (C=O) groups is 2. The number of ketones is 1. The maximum Gasteiger partial charge on any atom is 0.343 e. The molecule has 0 bridgehead atoms. The first-order chi connectivity index (χ1) is 11.2. The number of halogens is 2. The third-order valence-corrected chi connectivity index (χ3v) is 3.91. The van der Waals surface area contributed by atoms with Gasteiger partial charge >= 0.3 is 5.97 Å². The van der Waals surface area contributed by atoms with E-state index in [2.05, 4.69) is 22.6 Å². The van der Waals surface area contributed by atoms with Crippen LogP contribution in [0.3, 0.4) is 0 Å². The molecule has 0 N–H and O–H groups in total. The number of esters is 1. The number of benzene rings is 1. The highest BCUT2D eigenvalue weighted by atomic mass is 127. The Hall–Kier alpha value is -1.28. The van der Waals surface area contributed by atoms with Crippen LogP contribution in [0.1, 0.15) is 31.1 Å². The highest BCUT2D eigenvalue weighted by Gasteiger charge is 2.25. The molecule has 0 aliphatic rings. The molecule has 0 saturated heterocycles. The number of carbonyl (C=O) groups excluding carboxylic acids is 2. The average Bonchev–Trinajstić information content (AvgIpc) is 2.47. The van der Waals surface area contributed by atoms with Crippen molar-refractivity contribution in [3.8, 4) is 5.75 Å². The Kier molecular flexibility index (Phi) is 8.02. The quantitative estimate of drug-likeness (QED) is 0.153. The van der Waals surface area contributed by atoms with E-state index in [-0.39, 0.29) is 28.9 Å². The van der Waals surface area contributed by atoms with Gasteiger partial charge in [0.25, 0.3) is 0 Å². The van der Waals surface area contributed by atoms with Crippen molar-refractivity contribution >= 4 is 45.9 Å². The number of nitrogens with zero attached hydrogens (tertiary/aromatic N) is 1. The Morgan fingerprint density at radius 3 is 2.46 bits per heavy atom. The third-order valence-electron chi connectivity index (χ3n) is 2.76. The molecule has 1 rings (SSSR count). The van der Waals surface area contributed by atoms with E-state index in [0.717, 1.165) is 3.57 Å². The van der Waals surface area contributed by atoms with E-state index >= 15 is 0 Å². The Labute approximate surface area is 161 Å². The zero-order valence-corrected chi connectivity index (χ0v) is 17.3. The lowest BCUT2D eigenvalue weighted by atomic mass is 10.0. The minimum Gasteiger partial charge on any atom is -0.490 e. The summed E-state index contributed by atoms with van der Waals surface area (Å²) >= 11 is 8.32. The molecule has 24 heavy (non-hydrogen) atoms. The average molecular weight is 466 g/mol. The molecule has 0 amide bonds. The molecule has 0 aliphatic heterocycles. The highest BCUT2D eigenvalue weighted by Crippen LogP contribution is 2.31. The van der Waals surface area contributed by atoms with E-state index in [9.17, 15) is 9.59 Å². The van der Waals surface area contributed by atoms with Gasteiger partial charge in [-0.1, -0.05) is 11.6 Å². The maximum absolute atomic E-state index is 12.8. The van der Waals surface area contributed by atoms with Crippen LogP contribution in [-0.4, -0.2) is 43.5 Å². The van der Waals surface area contributed by atoms with Gasteiger partial charge < -0.3 is 14.4 Å². The zero-order chi connectivity index (χ0) is 18.4. The monoisotopic (exact) mass is 465 g/mol. The Balaban J connectivity index is 3.29. The number of Topliss-reactive ketones (excluding diaryl/α,β-unsaturated/α-hetero) is 1. The molecule has 7 heteroatoms. The summed E-state index contributed by atoms with van der Waals surface area (Å²) in [5.41, 5.74) is 0.162. The van der Waals surface area contributed by atoms with Crippen molar-refractivity contribution in [2.45, 2.75) is 26.9 Å². The first-order valence-corrected chi connectivity index (χ1v) is 8.88. The molecule has 0 aromatic heterocycles. The fourth-order valence-corrected chi connectivity index (χ4v) is 2.70. The first-order valence-electron chi connectivity index (χ1n) is 7.43. The molecule has 0 heterocycles. The lowest BCUT2D eigenvalue weighted by Crippen LogP contribution is -2.20. The van der Waals surface area contributed by atoms with Gasteiger partial charge in [-0.25, -0.2) is 4.79 Å². The van der Waals surface area contributed by atoms with Crippen LogP contribution in [0.4, 0.5) is 0 Å². The Morgan fingerprint density at radius 2 is 1.96 bits per heavy atom. The molecule has 1 aromatic rings. The van der Waals surface area contributed by atoms with E-state index in [1.54, 1.807) is 38.1 Å². The van der Waals surface area contributed by atoms with E-state index in [1.807, 2.05) is 13.8 Å². The lowest BCUT2D eigenvalue weighted by Gasteiger charge is -2.15. The van der Waals surface area contributed by atoms with Crippen LogP contribution in [0.5, 0.6) is 5.75 Å². The summed E-state index contributed by atoms with van der Waals surface area (Å²) in [6.07, 6.45) is 1.42. The predicted molar refractivity (Wildman–Crippen MR) is 103 cm³/mol. The van der Waals surface area contributed by atoms with Crippen molar-refractivity contribution in [1.82, 2.24) is 4.90 Å². The molecule has 0 unspecified atom stereocenters. The van der Waals surface area contributed by atoms with Gasteiger partial charge in [-0.15, -0.1) is 0 Å². The van der Waals surface area contributed by atoms with Crippen molar-refractivity contribution in [1.29, 1.82) is 0 Å². The number of rotatable bonds is 7. The van der Waals surface area contributed by atoms with Crippen LogP contribution >= 0.6 is 34.2 Å². The highest BCUT2D eigenvalue weighted by molar-refractivity contribution is 14.1. The summed E-state index contributed by atoms with van der Waals surface area (Å²) in [5, 5.41) is 0.227. The molecule has 0 fully saturated rings. The summed E-state index contributed by atoms with van der Waals surface area (Å²) in [4.78, 5) is 26.5. The smallest absolute Gasteiger partial charge is 0.343 e. The summed E-state index contributed by atoms with van der Waals surface area (Å²) in [6.45, 7) is 5.68. The van der Waals surface area contributed by atoms with Crippen LogP contribution in [-0.2, 0) is 9.53 Å². The molecule has 0 spiro atoms. The van der Waals surface area contributed by atoms with Gasteiger partial charge in [-0.2, -0.15) is 0 Å². The normalized spacial score (nSPS) is 11.4. The SMILES string of the molecule is CCOC(=O)/C(=C\N(C)C)C(=O)c1cc(I)c(OC(C)C)cc1Cl. The van der Waals surface area contributed by atoms with E-state index in [1.165, 1.54) is 6.20 Å². The van der Waals surface area contributed by atoms with Gasteiger partial charge in [0.05, 0.1) is 21.3 Å². The zero-order valence-electron chi connectivity index (χ0n) is 14.4. The number of ether oxygens (including phenoxy) is 2. The topological polar surface area (TPSA) is 55.8 Å². The molecule has 0 aliphatic carbocycles. The second-order valence-corrected chi connectivity index (χ2v) is 7.05. The standard InChI is InChI=1S/C17H21ClINO4/c1-6-23-17(22)12(9-20(4)5)16(21)11-7-14(19)15(8-13(11)18)24-10(2)3/h7-10H,6H2,1-5H3/b12-9-. The van der Waals surface area contributed by atoms with Gasteiger partial charge in [-0.05, 0) is 49.4 Å². The molecule has 0 radical (unpaired) electrons. The van der Waals surface area contributed by atoms with Gasteiger partial charge in [0.2, 0.25) is 5.78 Å². The van der Waals surface area contributed by atoms with E-state index in [4.69, 9.17) is 21.1 Å². The largest absolute Gasteiger partial charge is 0.490 e. The first kappa shape index (κ1) is 20.8. The van der Waals surface area contributed by atoms with E-state index in [0.29, 0.717) is 5.75 Å². The fraction of sp³-hybridized carbons (Fsp3) is 0.412. The molecule has 5 nitrogen and oxygen atoms in total. The predicted octanol–water partition coefficient (Wildman–Crippen LogP) is 3.92. The van der Waals surface area contributed by atoms with Crippen molar-refractivity contribution in [3.05, 3.63) is 38.1 Å². The summed E-state index contributed by atoms with van der Waals surface area (Å²) in [6, 6.07) is 3.21. The van der Waals surface area contributed by atoms with Crippen LogP contribution in [0, 0.1) is 3.57 Å².